The van der Waals surface area contributed by atoms with Crippen LogP contribution < -0.4 is 10.6 Å². The molecule has 2 amide bonds. The molecule has 2 N–H and O–H groups in total. The van der Waals surface area contributed by atoms with Crippen molar-refractivity contribution < 1.29 is 4.79 Å². The van der Waals surface area contributed by atoms with E-state index in [0.29, 0.717) is 12.6 Å². The summed E-state index contributed by atoms with van der Waals surface area (Å²) in [7, 11) is 0. The molecule has 0 atom stereocenters. The molecule has 1 aliphatic carbocycles. The van der Waals surface area contributed by atoms with E-state index in [4.69, 9.17) is 0 Å². The number of rotatable bonds is 5. The zero-order valence-corrected chi connectivity index (χ0v) is 16.6. The average Bonchev–Trinajstić information content (AvgIpc) is 3.25. The monoisotopic (exact) mass is 390 g/mol. The molecule has 0 unspecified atom stereocenters. The molecule has 1 fully saturated rings. The molecule has 2 aromatic heterocycles. The van der Waals surface area contributed by atoms with Crippen LogP contribution in [0.15, 0.2) is 55.2 Å². The molecule has 2 heterocycles. The van der Waals surface area contributed by atoms with Crippen molar-refractivity contribution in [3.63, 3.8) is 0 Å². The lowest BCUT2D eigenvalue weighted by molar-refractivity contribution is 0.225. The van der Waals surface area contributed by atoms with E-state index in [-0.39, 0.29) is 12.1 Å². The normalized spacial score (nSPS) is 18.9. The lowest BCUT2D eigenvalue weighted by Gasteiger charge is -2.29. The fourth-order valence-electron chi connectivity index (χ4n) is 3.84. The summed E-state index contributed by atoms with van der Waals surface area (Å²) in [6, 6.07) is 10.5. The summed E-state index contributed by atoms with van der Waals surface area (Å²) >= 11 is 0. The molecule has 0 saturated heterocycles. The minimum Gasteiger partial charge on any atom is -0.335 e. The summed E-state index contributed by atoms with van der Waals surface area (Å²) in [6.45, 7) is 2.61. The Morgan fingerprint density at radius 2 is 2.00 bits per heavy atom. The first-order valence-corrected chi connectivity index (χ1v) is 10.1. The Morgan fingerprint density at radius 3 is 2.76 bits per heavy atom. The van der Waals surface area contributed by atoms with E-state index in [1.54, 1.807) is 12.5 Å². The molecular weight excluding hydrogens is 364 g/mol. The number of hydrogen-bond donors (Lipinski definition) is 2. The van der Waals surface area contributed by atoms with Gasteiger partial charge in [-0.25, -0.2) is 14.8 Å². The van der Waals surface area contributed by atoms with Crippen LogP contribution in [0, 0.1) is 6.92 Å². The second-order valence-corrected chi connectivity index (χ2v) is 7.56. The smallest absolute Gasteiger partial charge is 0.315 e. The number of aromatic nitrogens is 4. The third-order valence-corrected chi connectivity index (χ3v) is 5.59. The fourth-order valence-corrected chi connectivity index (χ4v) is 3.84. The molecule has 7 heteroatoms. The first kappa shape index (κ1) is 19.1. The minimum absolute atomic E-state index is 0.0955. The number of carbonyl (C=O) groups is 1. The number of aryl methyl sites for hydroxylation is 1. The van der Waals surface area contributed by atoms with Crippen LogP contribution >= 0.6 is 0 Å². The SMILES string of the molecule is Cc1ccccc1CNC(=O)NC1CCC(n2cc(-c3ccncn3)cn2)CC1. The number of nitrogens with zero attached hydrogens (tertiary/aromatic N) is 4. The Labute approximate surface area is 170 Å². The first-order valence-electron chi connectivity index (χ1n) is 10.1. The molecule has 0 radical (unpaired) electrons. The van der Waals surface area contributed by atoms with Gasteiger partial charge < -0.3 is 10.6 Å². The van der Waals surface area contributed by atoms with E-state index < -0.39 is 0 Å². The van der Waals surface area contributed by atoms with Gasteiger partial charge in [0.1, 0.15) is 6.33 Å². The van der Waals surface area contributed by atoms with Crippen molar-refractivity contribution >= 4 is 6.03 Å². The predicted octanol–water partition coefficient (Wildman–Crippen LogP) is 3.63. The van der Waals surface area contributed by atoms with Gasteiger partial charge in [-0.3, -0.25) is 4.68 Å². The number of hydrogen-bond acceptors (Lipinski definition) is 4. The Balaban J connectivity index is 1.25. The van der Waals surface area contributed by atoms with Crippen LogP contribution in [0.3, 0.4) is 0 Å². The van der Waals surface area contributed by atoms with Crippen molar-refractivity contribution in [3.8, 4) is 11.3 Å². The third kappa shape index (κ3) is 4.80. The topological polar surface area (TPSA) is 84.7 Å². The molecule has 1 saturated carbocycles. The molecule has 29 heavy (non-hydrogen) atoms. The van der Waals surface area contributed by atoms with E-state index in [9.17, 15) is 4.79 Å². The van der Waals surface area contributed by atoms with Gasteiger partial charge in [0.25, 0.3) is 0 Å². The highest BCUT2D eigenvalue weighted by Gasteiger charge is 2.24. The van der Waals surface area contributed by atoms with Crippen LogP contribution in [0.5, 0.6) is 0 Å². The maximum absolute atomic E-state index is 12.3. The van der Waals surface area contributed by atoms with E-state index in [2.05, 4.69) is 44.9 Å². The summed E-state index contributed by atoms with van der Waals surface area (Å²) in [5.74, 6) is 0. The maximum Gasteiger partial charge on any atom is 0.315 e. The Hall–Kier alpha value is -3.22. The van der Waals surface area contributed by atoms with Crippen molar-refractivity contribution in [3.05, 3.63) is 66.4 Å². The molecule has 0 aliphatic heterocycles. The predicted molar refractivity (Wildman–Crippen MR) is 111 cm³/mol. The van der Waals surface area contributed by atoms with Gasteiger partial charge in [0.15, 0.2) is 0 Å². The highest BCUT2D eigenvalue weighted by molar-refractivity contribution is 5.74. The number of carbonyl (C=O) groups excluding carboxylic acids is 1. The molecule has 0 bridgehead atoms. The molecular formula is C22H26N6O. The van der Waals surface area contributed by atoms with Crippen molar-refractivity contribution in [2.75, 3.05) is 0 Å². The van der Waals surface area contributed by atoms with Gasteiger partial charge in [-0.15, -0.1) is 0 Å². The number of urea groups is 1. The van der Waals surface area contributed by atoms with Gasteiger partial charge in [0.05, 0.1) is 17.9 Å². The molecule has 1 aliphatic rings. The van der Waals surface area contributed by atoms with E-state index in [1.165, 1.54) is 5.56 Å². The summed E-state index contributed by atoms with van der Waals surface area (Å²) in [6.07, 6.45) is 11.1. The van der Waals surface area contributed by atoms with Gasteiger partial charge in [-0.1, -0.05) is 24.3 Å². The molecule has 3 aromatic rings. The largest absolute Gasteiger partial charge is 0.335 e. The Kier molecular flexibility index (Phi) is 5.84. The van der Waals surface area contributed by atoms with Crippen molar-refractivity contribution in [1.82, 2.24) is 30.4 Å². The minimum atomic E-state index is -0.0955. The molecule has 7 nitrogen and oxygen atoms in total. The molecule has 1 aromatic carbocycles. The van der Waals surface area contributed by atoms with Crippen LogP contribution in [-0.2, 0) is 6.54 Å². The highest BCUT2D eigenvalue weighted by Crippen LogP contribution is 2.29. The van der Waals surface area contributed by atoms with Crippen LogP contribution in [0.25, 0.3) is 11.3 Å². The van der Waals surface area contributed by atoms with Crippen molar-refractivity contribution in [2.45, 2.75) is 51.2 Å². The summed E-state index contributed by atoms with van der Waals surface area (Å²) in [5, 5.41) is 10.6. The number of amides is 2. The quantitative estimate of drug-likeness (QED) is 0.697. The summed E-state index contributed by atoms with van der Waals surface area (Å²) in [5.41, 5.74) is 4.22. The second-order valence-electron chi connectivity index (χ2n) is 7.56. The van der Waals surface area contributed by atoms with Crippen LogP contribution in [0.1, 0.15) is 42.9 Å². The van der Waals surface area contributed by atoms with Crippen molar-refractivity contribution in [2.24, 2.45) is 0 Å². The van der Waals surface area contributed by atoms with E-state index in [0.717, 1.165) is 42.5 Å². The number of nitrogens with one attached hydrogen (secondary N) is 2. The zero-order valence-electron chi connectivity index (χ0n) is 16.6. The zero-order chi connectivity index (χ0) is 20.1. The summed E-state index contributed by atoms with van der Waals surface area (Å²) in [4.78, 5) is 20.5. The average molecular weight is 390 g/mol. The lowest BCUT2D eigenvalue weighted by Crippen LogP contribution is -2.43. The maximum atomic E-state index is 12.3. The van der Waals surface area contributed by atoms with E-state index >= 15 is 0 Å². The summed E-state index contributed by atoms with van der Waals surface area (Å²) < 4.78 is 2.03. The van der Waals surface area contributed by atoms with Crippen molar-refractivity contribution in [1.29, 1.82) is 0 Å². The van der Waals surface area contributed by atoms with Gasteiger partial charge in [0, 0.05) is 30.5 Å². The third-order valence-electron chi connectivity index (χ3n) is 5.59. The number of benzene rings is 1. The standard InChI is InChI=1S/C22H26N6O/c1-16-4-2-3-5-17(16)12-24-22(29)27-19-6-8-20(9-7-19)28-14-18(13-26-28)21-10-11-23-15-25-21/h2-5,10-11,13-15,19-20H,6-9,12H2,1H3,(H2,24,27,29). The van der Waals surface area contributed by atoms with Gasteiger partial charge in [-0.05, 0) is 49.8 Å². The Morgan fingerprint density at radius 1 is 1.17 bits per heavy atom. The first-order chi connectivity index (χ1) is 14.2. The molecule has 0 spiro atoms. The van der Waals surface area contributed by atoms with Crippen LogP contribution in [0.2, 0.25) is 0 Å². The van der Waals surface area contributed by atoms with Crippen LogP contribution in [0.4, 0.5) is 4.79 Å². The lowest BCUT2D eigenvalue weighted by atomic mass is 9.91. The second kappa shape index (κ2) is 8.86. The Bertz CT molecular complexity index is 947. The van der Waals surface area contributed by atoms with Gasteiger partial charge >= 0.3 is 6.03 Å². The van der Waals surface area contributed by atoms with E-state index in [1.807, 2.05) is 35.1 Å². The van der Waals surface area contributed by atoms with Crippen LogP contribution in [-0.4, -0.2) is 31.8 Å². The molecule has 150 valence electrons. The van der Waals surface area contributed by atoms with Gasteiger partial charge in [0.2, 0.25) is 0 Å². The van der Waals surface area contributed by atoms with Gasteiger partial charge in [-0.2, -0.15) is 5.10 Å². The molecule has 4 rings (SSSR count). The fraction of sp³-hybridized carbons (Fsp3) is 0.364. The highest BCUT2D eigenvalue weighted by atomic mass is 16.2.